The van der Waals surface area contributed by atoms with E-state index < -0.39 is 5.97 Å². The molecule has 0 rings (SSSR count). The first-order valence-electron chi connectivity index (χ1n) is 7.61. The van der Waals surface area contributed by atoms with Gasteiger partial charge in [-0.2, -0.15) is 0 Å². The van der Waals surface area contributed by atoms with Crippen LogP contribution in [-0.4, -0.2) is 43.4 Å². The van der Waals surface area contributed by atoms with Crippen molar-refractivity contribution in [2.24, 2.45) is 11.8 Å². The number of ether oxygens (including phenoxy) is 1. The minimum absolute atomic E-state index is 0.0675. The minimum atomic E-state index is -0.765. The molecule has 2 unspecified atom stereocenters. The lowest BCUT2D eigenvalue weighted by Crippen LogP contribution is -2.42. The third-order valence-corrected chi connectivity index (χ3v) is 3.60. The van der Waals surface area contributed by atoms with Crippen molar-refractivity contribution in [1.82, 2.24) is 10.6 Å². The van der Waals surface area contributed by atoms with E-state index in [9.17, 15) is 9.59 Å². The van der Waals surface area contributed by atoms with Crippen molar-refractivity contribution in [1.29, 1.82) is 0 Å². The van der Waals surface area contributed by atoms with Crippen LogP contribution in [0.15, 0.2) is 0 Å². The number of aliphatic carboxylic acids is 1. The van der Waals surface area contributed by atoms with Crippen molar-refractivity contribution in [2.45, 2.75) is 52.5 Å². The fourth-order valence-electron chi connectivity index (χ4n) is 2.13. The Bertz CT molecular complexity index is 308. The van der Waals surface area contributed by atoms with Gasteiger partial charge in [-0.3, -0.25) is 4.79 Å². The second kappa shape index (κ2) is 11.4. The molecule has 124 valence electrons. The molecular formula is C15H30N2O4. The summed E-state index contributed by atoms with van der Waals surface area (Å²) in [5.41, 5.74) is 0. The predicted molar refractivity (Wildman–Crippen MR) is 82.3 cm³/mol. The summed E-state index contributed by atoms with van der Waals surface area (Å²) in [4.78, 5) is 22.3. The molecule has 2 atom stereocenters. The van der Waals surface area contributed by atoms with Gasteiger partial charge in [0.1, 0.15) is 0 Å². The zero-order valence-electron chi connectivity index (χ0n) is 13.6. The molecule has 0 aromatic rings. The van der Waals surface area contributed by atoms with Crippen molar-refractivity contribution in [2.75, 3.05) is 20.3 Å². The van der Waals surface area contributed by atoms with Gasteiger partial charge < -0.3 is 20.5 Å². The van der Waals surface area contributed by atoms with Gasteiger partial charge in [0.25, 0.3) is 0 Å². The molecule has 21 heavy (non-hydrogen) atoms. The Morgan fingerprint density at radius 1 is 1.14 bits per heavy atom. The number of methoxy groups -OCH3 is 1. The molecule has 0 fully saturated rings. The highest BCUT2D eigenvalue weighted by Gasteiger charge is 2.15. The van der Waals surface area contributed by atoms with Crippen LogP contribution < -0.4 is 10.6 Å². The normalized spacial score (nSPS) is 13.8. The molecule has 0 aromatic carbocycles. The van der Waals surface area contributed by atoms with E-state index in [4.69, 9.17) is 9.84 Å². The lowest BCUT2D eigenvalue weighted by molar-refractivity contribution is -0.137. The summed E-state index contributed by atoms with van der Waals surface area (Å²) in [5, 5.41) is 14.4. The highest BCUT2D eigenvalue weighted by atomic mass is 16.5. The molecule has 0 spiro atoms. The minimum Gasteiger partial charge on any atom is -0.481 e. The van der Waals surface area contributed by atoms with Crippen molar-refractivity contribution in [3.63, 3.8) is 0 Å². The highest BCUT2D eigenvalue weighted by molar-refractivity contribution is 5.74. The fraction of sp³-hybridized carbons (Fsp3) is 0.867. The predicted octanol–water partition coefficient (Wildman–Crippen LogP) is 2.24. The summed E-state index contributed by atoms with van der Waals surface area (Å²) in [7, 11) is 1.63. The molecule has 0 radical (unpaired) electrons. The van der Waals surface area contributed by atoms with Crippen LogP contribution in [-0.2, 0) is 9.53 Å². The van der Waals surface area contributed by atoms with Gasteiger partial charge in [-0.1, -0.05) is 13.8 Å². The lowest BCUT2D eigenvalue weighted by atomic mass is 9.88. The molecular weight excluding hydrogens is 272 g/mol. The summed E-state index contributed by atoms with van der Waals surface area (Å²) >= 11 is 0. The van der Waals surface area contributed by atoms with Gasteiger partial charge in [0, 0.05) is 32.7 Å². The second-order valence-electron chi connectivity index (χ2n) is 5.81. The summed E-state index contributed by atoms with van der Waals surface area (Å²) in [6.45, 7) is 7.28. The molecule has 6 nitrogen and oxygen atoms in total. The Morgan fingerprint density at radius 3 is 2.33 bits per heavy atom. The standard InChI is InChI=1S/C15H30N2O4/c1-11(2)13(5-6-14(18)19)7-9-16-15(20)17-12(3)8-10-21-4/h11-13H,5-10H2,1-4H3,(H,18,19)(H2,16,17,20). The summed E-state index contributed by atoms with van der Waals surface area (Å²) in [5.74, 6) is -0.0412. The smallest absolute Gasteiger partial charge is 0.314 e. The number of amides is 2. The first-order chi connectivity index (χ1) is 9.86. The van der Waals surface area contributed by atoms with Crippen LogP contribution in [0.3, 0.4) is 0 Å². The lowest BCUT2D eigenvalue weighted by Gasteiger charge is -2.21. The van der Waals surface area contributed by atoms with E-state index in [1.807, 2.05) is 6.92 Å². The maximum absolute atomic E-state index is 11.7. The SMILES string of the molecule is COCCC(C)NC(=O)NCCC(CCC(=O)O)C(C)C. The molecule has 0 aliphatic rings. The van der Waals surface area contributed by atoms with Crippen LogP contribution in [0.4, 0.5) is 4.79 Å². The molecule has 0 aliphatic carbocycles. The van der Waals surface area contributed by atoms with Gasteiger partial charge >= 0.3 is 12.0 Å². The van der Waals surface area contributed by atoms with Gasteiger partial charge in [-0.25, -0.2) is 4.79 Å². The molecule has 0 heterocycles. The Kier molecular flexibility index (Phi) is 10.7. The average Bonchev–Trinajstić information content (AvgIpc) is 2.39. The van der Waals surface area contributed by atoms with Gasteiger partial charge in [-0.15, -0.1) is 0 Å². The zero-order chi connectivity index (χ0) is 16.3. The Morgan fingerprint density at radius 2 is 1.81 bits per heavy atom. The van der Waals surface area contributed by atoms with Crippen LogP contribution in [0.5, 0.6) is 0 Å². The molecule has 3 N–H and O–H groups in total. The van der Waals surface area contributed by atoms with E-state index in [1.165, 1.54) is 0 Å². The van der Waals surface area contributed by atoms with Crippen LogP contribution in [0.1, 0.15) is 46.5 Å². The molecule has 2 amide bonds. The monoisotopic (exact) mass is 302 g/mol. The molecule has 0 saturated carbocycles. The van der Waals surface area contributed by atoms with E-state index in [0.717, 1.165) is 12.8 Å². The van der Waals surface area contributed by atoms with E-state index >= 15 is 0 Å². The Hall–Kier alpha value is -1.30. The molecule has 0 saturated heterocycles. The maximum atomic E-state index is 11.7. The van der Waals surface area contributed by atoms with Crippen molar-refractivity contribution in [3.05, 3.63) is 0 Å². The molecule has 0 aromatic heterocycles. The Balaban J connectivity index is 3.91. The van der Waals surface area contributed by atoms with Crippen molar-refractivity contribution in [3.8, 4) is 0 Å². The summed E-state index contributed by atoms with van der Waals surface area (Å²) in [6.07, 6.45) is 2.41. The number of carbonyl (C=O) groups excluding carboxylic acids is 1. The van der Waals surface area contributed by atoms with E-state index in [-0.39, 0.29) is 18.5 Å². The topological polar surface area (TPSA) is 87.7 Å². The number of urea groups is 1. The van der Waals surface area contributed by atoms with Crippen molar-refractivity contribution >= 4 is 12.0 Å². The van der Waals surface area contributed by atoms with Gasteiger partial charge in [0.05, 0.1) is 0 Å². The molecule has 0 aliphatic heterocycles. The van der Waals surface area contributed by atoms with Gasteiger partial charge in [0.2, 0.25) is 0 Å². The van der Waals surface area contributed by atoms with E-state index in [0.29, 0.717) is 31.4 Å². The third-order valence-electron chi connectivity index (χ3n) is 3.60. The van der Waals surface area contributed by atoms with E-state index in [1.54, 1.807) is 7.11 Å². The average molecular weight is 302 g/mol. The summed E-state index contributed by atoms with van der Waals surface area (Å²) < 4.78 is 4.96. The first kappa shape index (κ1) is 19.7. The third kappa shape index (κ3) is 11.1. The largest absolute Gasteiger partial charge is 0.481 e. The molecule has 6 heteroatoms. The fourth-order valence-corrected chi connectivity index (χ4v) is 2.13. The van der Waals surface area contributed by atoms with Crippen molar-refractivity contribution < 1.29 is 19.4 Å². The number of nitrogens with one attached hydrogen (secondary N) is 2. The number of hydrogen-bond acceptors (Lipinski definition) is 3. The quantitative estimate of drug-likeness (QED) is 0.546. The van der Waals surface area contributed by atoms with E-state index in [2.05, 4.69) is 24.5 Å². The van der Waals surface area contributed by atoms with Gasteiger partial charge in [-0.05, 0) is 38.0 Å². The number of hydrogen-bond donors (Lipinski definition) is 3. The van der Waals surface area contributed by atoms with Crippen LogP contribution >= 0.6 is 0 Å². The second-order valence-corrected chi connectivity index (χ2v) is 5.81. The first-order valence-corrected chi connectivity index (χ1v) is 7.61. The van der Waals surface area contributed by atoms with Gasteiger partial charge in [0.15, 0.2) is 0 Å². The van der Waals surface area contributed by atoms with Crippen LogP contribution in [0, 0.1) is 11.8 Å². The van der Waals surface area contributed by atoms with Crippen LogP contribution in [0.2, 0.25) is 0 Å². The zero-order valence-corrected chi connectivity index (χ0v) is 13.6. The molecule has 0 bridgehead atoms. The maximum Gasteiger partial charge on any atom is 0.314 e. The Labute approximate surface area is 127 Å². The number of rotatable bonds is 11. The summed E-state index contributed by atoms with van der Waals surface area (Å²) in [6, 6.07) is -0.114. The number of carbonyl (C=O) groups is 2. The highest BCUT2D eigenvalue weighted by Crippen LogP contribution is 2.20. The number of carboxylic acid groups (broad SMARTS) is 1. The van der Waals surface area contributed by atoms with Crippen LogP contribution in [0.25, 0.3) is 0 Å². The number of carboxylic acids is 1.